The van der Waals surface area contributed by atoms with Crippen molar-refractivity contribution in [1.82, 2.24) is 4.57 Å². The van der Waals surface area contributed by atoms with Gasteiger partial charge in [0.2, 0.25) is 0 Å². The number of amidine groups is 1. The van der Waals surface area contributed by atoms with Gasteiger partial charge in [0.25, 0.3) is 5.56 Å². The lowest BCUT2D eigenvalue weighted by molar-refractivity contribution is 0.584. The molecule has 0 unspecified atom stereocenters. The molecule has 1 aromatic heterocycles. The summed E-state index contributed by atoms with van der Waals surface area (Å²) in [5.41, 5.74) is 8.49. The number of hydrogen-bond acceptors (Lipinski definition) is 2. The minimum atomic E-state index is -0.217. The third kappa shape index (κ3) is 2.50. The maximum atomic E-state index is 12.5. The summed E-state index contributed by atoms with van der Waals surface area (Å²) in [6.45, 7) is 5.92. The molecule has 0 fully saturated rings. The van der Waals surface area contributed by atoms with E-state index in [1.807, 2.05) is 51.1 Å². The van der Waals surface area contributed by atoms with Gasteiger partial charge in [-0.15, -0.1) is 0 Å². The van der Waals surface area contributed by atoms with Crippen molar-refractivity contribution >= 4 is 5.84 Å². The summed E-state index contributed by atoms with van der Waals surface area (Å²) in [6, 6.07) is 11.5. The van der Waals surface area contributed by atoms with Crippen molar-refractivity contribution in [2.24, 2.45) is 5.73 Å². The molecule has 1 heterocycles. The highest BCUT2D eigenvalue weighted by molar-refractivity contribution is 5.94. The first-order valence-electron chi connectivity index (χ1n) is 6.58. The number of nitrogens with two attached hydrogens (primary N) is 1. The number of pyridine rings is 1. The van der Waals surface area contributed by atoms with Crippen molar-refractivity contribution < 1.29 is 0 Å². The molecule has 0 aliphatic heterocycles. The number of aromatic nitrogens is 1. The van der Waals surface area contributed by atoms with Crippen LogP contribution in [0.5, 0.6) is 0 Å². The number of rotatable bonds is 3. The summed E-state index contributed by atoms with van der Waals surface area (Å²) in [5.74, 6) is -0.195. The first-order valence-corrected chi connectivity index (χ1v) is 6.58. The van der Waals surface area contributed by atoms with E-state index in [9.17, 15) is 4.79 Å². The highest BCUT2D eigenvalue weighted by atomic mass is 16.1. The molecule has 0 saturated heterocycles. The molecule has 0 saturated carbocycles. The van der Waals surface area contributed by atoms with E-state index in [2.05, 4.69) is 0 Å². The Morgan fingerprint density at radius 1 is 1.15 bits per heavy atom. The number of aryl methyl sites for hydroxylation is 1. The second kappa shape index (κ2) is 5.33. The molecule has 20 heavy (non-hydrogen) atoms. The molecule has 4 nitrogen and oxygen atoms in total. The second-order valence-corrected chi connectivity index (χ2v) is 5.18. The van der Waals surface area contributed by atoms with Gasteiger partial charge in [-0.05, 0) is 38.5 Å². The smallest absolute Gasteiger partial charge is 0.262 e. The molecule has 104 valence electrons. The average molecular weight is 269 g/mol. The molecule has 0 amide bonds. The van der Waals surface area contributed by atoms with Gasteiger partial charge < -0.3 is 10.3 Å². The van der Waals surface area contributed by atoms with Gasteiger partial charge in [-0.25, -0.2) is 0 Å². The van der Waals surface area contributed by atoms with Crippen LogP contribution in [0.1, 0.15) is 31.0 Å². The van der Waals surface area contributed by atoms with Crippen molar-refractivity contribution in [3.05, 3.63) is 57.9 Å². The largest absolute Gasteiger partial charge is 0.384 e. The summed E-state index contributed by atoms with van der Waals surface area (Å²) >= 11 is 0. The van der Waals surface area contributed by atoms with E-state index in [0.29, 0.717) is 0 Å². The summed E-state index contributed by atoms with van der Waals surface area (Å²) in [7, 11) is 0. The number of nitrogen functional groups attached to an aromatic ring is 1. The van der Waals surface area contributed by atoms with Crippen LogP contribution in [0.15, 0.2) is 41.2 Å². The van der Waals surface area contributed by atoms with E-state index in [-0.39, 0.29) is 23.0 Å². The van der Waals surface area contributed by atoms with Gasteiger partial charge in [0, 0.05) is 6.04 Å². The molecule has 1 aromatic carbocycles. The molecule has 0 radical (unpaired) electrons. The fourth-order valence-corrected chi connectivity index (χ4v) is 2.23. The van der Waals surface area contributed by atoms with Crippen molar-refractivity contribution in [3.63, 3.8) is 0 Å². The van der Waals surface area contributed by atoms with Crippen LogP contribution in [0, 0.1) is 12.3 Å². The van der Waals surface area contributed by atoms with Crippen molar-refractivity contribution in [2.45, 2.75) is 26.8 Å². The van der Waals surface area contributed by atoms with E-state index in [1.54, 1.807) is 10.6 Å². The molecule has 0 aliphatic rings. The summed E-state index contributed by atoms with van der Waals surface area (Å²) < 4.78 is 1.68. The highest BCUT2D eigenvalue weighted by Gasteiger charge is 2.14. The standard InChI is InChI=1S/C16H19N3O/c1-10(2)19-14(12-6-4-11(3)5-7-12)9-8-13(15(17)18)16(19)20/h4-10H,1-3H3,(H3,17,18). The molecule has 3 N–H and O–H groups in total. The molecule has 0 aliphatic carbocycles. The van der Waals surface area contributed by atoms with E-state index in [1.165, 1.54) is 5.56 Å². The van der Waals surface area contributed by atoms with E-state index in [4.69, 9.17) is 11.1 Å². The Morgan fingerprint density at radius 2 is 1.75 bits per heavy atom. The zero-order valence-electron chi connectivity index (χ0n) is 12.0. The Hall–Kier alpha value is -2.36. The third-order valence-corrected chi connectivity index (χ3v) is 3.27. The molecule has 0 bridgehead atoms. The van der Waals surface area contributed by atoms with Crippen molar-refractivity contribution in [2.75, 3.05) is 0 Å². The topological polar surface area (TPSA) is 71.9 Å². The van der Waals surface area contributed by atoms with Crippen LogP contribution in [-0.2, 0) is 0 Å². The number of nitrogens with zero attached hydrogens (tertiary/aromatic N) is 1. The highest BCUT2D eigenvalue weighted by Crippen LogP contribution is 2.21. The van der Waals surface area contributed by atoms with Crippen LogP contribution in [0.25, 0.3) is 11.3 Å². The quantitative estimate of drug-likeness (QED) is 0.664. The molecule has 0 atom stereocenters. The van der Waals surface area contributed by atoms with Crippen LogP contribution < -0.4 is 11.3 Å². The lowest BCUT2D eigenvalue weighted by atomic mass is 10.1. The van der Waals surface area contributed by atoms with Gasteiger partial charge >= 0.3 is 0 Å². The molecule has 0 spiro atoms. The number of hydrogen-bond donors (Lipinski definition) is 2. The van der Waals surface area contributed by atoms with Gasteiger partial charge in [0.05, 0.1) is 11.3 Å². The van der Waals surface area contributed by atoms with Crippen molar-refractivity contribution in [3.8, 4) is 11.3 Å². The van der Waals surface area contributed by atoms with Gasteiger partial charge in [-0.3, -0.25) is 10.2 Å². The first-order chi connectivity index (χ1) is 9.41. The second-order valence-electron chi connectivity index (χ2n) is 5.18. The first kappa shape index (κ1) is 14.1. The SMILES string of the molecule is Cc1ccc(-c2ccc(C(=N)N)c(=O)n2C(C)C)cc1. The lowest BCUT2D eigenvalue weighted by Gasteiger charge is -2.18. The lowest BCUT2D eigenvalue weighted by Crippen LogP contribution is -2.31. The predicted octanol–water partition coefficient (Wildman–Crippen LogP) is 2.69. The van der Waals surface area contributed by atoms with Crippen LogP contribution >= 0.6 is 0 Å². The maximum Gasteiger partial charge on any atom is 0.262 e. The van der Waals surface area contributed by atoms with Gasteiger partial charge in [-0.2, -0.15) is 0 Å². The maximum absolute atomic E-state index is 12.5. The fourth-order valence-electron chi connectivity index (χ4n) is 2.23. The van der Waals surface area contributed by atoms with E-state index in [0.717, 1.165) is 11.3 Å². The molecule has 2 rings (SSSR count). The third-order valence-electron chi connectivity index (χ3n) is 3.27. The molecule has 4 heteroatoms. The fraction of sp³-hybridized carbons (Fsp3) is 0.250. The van der Waals surface area contributed by atoms with Crippen LogP contribution in [0.2, 0.25) is 0 Å². The molecule has 2 aromatic rings. The van der Waals surface area contributed by atoms with Crippen LogP contribution in [0.4, 0.5) is 0 Å². The van der Waals surface area contributed by atoms with E-state index < -0.39 is 0 Å². The van der Waals surface area contributed by atoms with Gasteiger partial charge in [0.15, 0.2) is 0 Å². The van der Waals surface area contributed by atoms with E-state index >= 15 is 0 Å². The molecular formula is C16H19N3O. The summed E-state index contributed by atoms with van der Waals surface area (Å²) in [4.78, 5) is 12.5. The Morgan fingerprint density at radius 3 is 2.25 bits per heavy atom. The Bertz CT molecular complexity index is 697. The summed E-state index contributed by atoms with van der Waals surface area (Å²) in [5, 5.41) is 7.48. The normalized spacial score (nSPS) is 10.8. The van der Waals surface area contributed by atoms with Crippen LogP contribution in [0.3, 0.4) is 0 Å². The average Bonchev–Trinajstić information content (AvgIpc) is 2.38. The predicted molar refractivity (Wildman–Crippen MR) is 82.3 cm³/mol. The minimum Gasteiger partial charge on any atom is -0.384 e. The van der Waals surface area contributed by atoms with Gasteiger partial charge in [0.1, 0.15) is 5.84 Å². The van der Waals surface area contributed by atoms with Crippen LogP contribution in [-0.4, -0.2) is 10.4 Å². The number of benzene rings is 1. The Balaban J connectivity index is 2.71. The zero-order valence-corrected chi connectivity index (χ0v) is 12.0. The monoisotopic (exact) mass is 269 g/mol. The minimum absolute atomic E-state index is 0.00176. The molecular weight excluding hydrogens is 250 g/mol. The van der Waals surface area contributed by atoms with Gasteiger partial charge in [-0.1, -0.05) is 29.8 Å². The van der Waals surface area contributed by atoms with Crippen molar-refractivity contribution in [1.29, 1.82) is 5.41 Å². The summed E-state index contributed by atoms with van der Waals surface area (Å²) in [6.07, 6.45) is 0. The zero-order chi connectivity index (χ0) is 14.9. The number of nitrogens with one attached hydrogen (secondary N) is 1. The Kier molecular flexibility index (Phi) is 3.74. The Labute approximate surface area is 118 Å².